The van der Waals surface area contributed by atoms with Crippen LogP contribution in [-0.4, -0.2) is 24.7 Å². The Kier molecular flexibility index (Phi) is 2.40. The molecule has 4 heteroatoms. The van der Waals surface area contributed by atoms with Crippen molar-refractivity contribution in [2.45, 2.75) is 6.04 Å². The third kappa shape index (κ3) is 1.76. The Bertz CT molecular complexity index is 429. The normalized spacial score (nSPS) is 22.0. The molecule has 0 aliphatic carbocycles. The maximum absolute atomic E-state index is 5.44. The topological polar surface area (TPSA) is 34.1 Å². The lowest BCUT2D eigenvalue weighted by Crippen LogP contribution is -2.34. The van der Waals surface area contributed by atoms with Crippen molar-refractivity contribution in [2.75, 3.05) is 19.8 Å². The molecule has 1 N–H and O–H groups in total. The number of aromatic nitrogens is 1. The number of para-hydroxylation sites is 1. The summed E-state index contributed by atoms with van der Waals surface area (Å²) in [5.41, 5.74) is 1.09. The van der Waals surface area contributed by atoms with E-state index in [9.17, 15) is 0 Å². The number of nitrogens with zero attached hydrogens (tertiary/aromatic N) is 1. The van der Waals surface area contributed by atoms with E-state index in [4.69, 9.17) is 4.74 Å². The fourth-order valence-electron chi connectivity index (χ4n) is 1.76. The lowest BCUT2D eigenvalue weighted by Gasteiger charge is -2.21. The molecule has 0 radical (unpaired) electrons. The van der Waals surface area contributed by atoms with Gasteiger partial charge >= 0.3 is 0 Å². The standard InChI is InChI=1S/C11H12N2OS/c1-2-4-10-8(3-1)13-11(15-10)9-7-14-6-5-12-9/h1-4,9,12H,5-7H2/t9-/m0/s1. The second kappa shape index (κ2) is 3.89. The van der Waals surface area contributed by atoms with E-state index in [1.807, 2.05) is 6.07 Å². The van der Waals surface area contributed by atoms with Gasteiger partial charge in [0.1, 0.15) is 5.01 Å². The summed E-state index contributed by atoms with van der Waals surface area (Å²) >= 11 is 1.75. The van der Waals surface area contributed by atoms with Crippen LogP contribution in [0.1, 0.15) is 11.0 Å². The van der Waals surface area contributed by atoms with Crippen molar-refractivity contribution >= 4 is 21.6 Å². The monoisotopic (exact) mass is 220 g/mol. The molecule has 1 aliphatic heterocycles. The quantitative estimate of drug-likeness (QED) is 0.797. The number of ether oxygens (including phenoxy) is 1. The molecule has 3 nitrogen and oxygen atoms in total. The molecular weight excluding hydrogens is 208 g/mol. The predicted molar refractivity (Wildman–Crippen MR) is 61.2 cm³/mol. The molecule has 1 atom stereocenters. The highest BCUT2D eigenvalue weighted by Crippen LogP contribution is 2.26. The first-order chi connectivity index (χ1) is 7.43. The van der Waals surface area contributed by atoms with Gasteiger partial charge in [0, 0.05) is 6.54 Å². The molecule has 2 heterocycles. The summed E-state index contributed by atoms with van der Waals surface area (Å²) in [6, 6.07) is 8.52. The molecule has 1 fully saturated rings. The van der Waals surface area contributed by atoms with Gasteiger partial charge < -0.3 is 10.1 Å². The highest BCUT2D eigenvalue weighted by molar-refractivity contribution is 7.18. The van der Waals surface area contributed by atoms with Gasteiger partial charge in [-0.1, -0.05) is 12.1 Å². The first-order valence-corrected chi connectivity index (χ1v) is 5.92. The Morgan fingerprint density at radius 3 is 3.13 bits per heavy atom. The smallest absolute Gasteiger partial charge is 0.113 e. The number of hydrogen-bond donors (Lipinski definition) is 1. The minimum absolute atomic E-state index is 0.274. The van der Waals surface area contributed by atoms with E-state index in [1.54, 1.807) is 11.3 Å². The molecule has 1 aromatic heterocycles. The molecule has 0 saturated carbocycles. The zero-order chi connectivity index (χ0) is 10.1. The molecule has 1 saturated heterocycles. The largest absolute Gasteiger partial charge is 0.378 e. The molecule has 0 bridgehead atoms. The van der Waals surface area contributed by atoms with Crippen molar-refractivity contribution in [3.8, 4) is 0 Å². The van der Waals surface area contributed by atoms with Gasteiger partial charge in [0.25, 0.3) is 0 Å². The molecule has 3 rings (SSSR count). The number of thiazole rings is 1. The van der Waals surface area contributed by atoms with E-state index >= 15 is 0 Å². The number of fused-ring (bicyclic) bond motifs is 1. The van der Waals surface area contributed by atoms with Crippen LogP contribution in [0.4, 0.5) is 0 Å². The Labute approximate surface area is 92.1 Å². The minimum Gasteiger partial charge on any atom is -0.378 e. The number of benzene rings is 1. The first kappa shape index (κ1) is 9.27. The molecular formula is C11H12N2OS. The van der Waals surface area contributed by atoms with E-state index < -0.39 is 0 Å². The lowest BCUT2D eigenvalue weighted by atomic mass is 10.3. The number of rotatable bonds is 1. The second-order valence-corrected chi connectivity index (χ2v) is 4.66. The minimum atomic E-state index is 0.274. The van der Waals surface area contributed by atoms with Gasteiger partial charge in [-0.3, -0.25) is 0 Å². The van der Waals surface area contributed by atoms with E-state index in [2.05, 4.69) is 28.5 Å². The van der Waals surface area contributed by atoms with Crippen molar-refractivity contribution < 1.29 is 4.74 Å². The average Bonchev–Trinajstić information content (AvgIpc) is 2.74. The van der Waals surface area contributed by atoms with Crippen molar-refractivity contribution in [1.82, 2.24) is 10.3 Å². The maximum atomic E-state index is 5.44. The Morgan fingerprint density at radius 1 is 1.40 bits per heavy atom. The van der Waals surface area contributed by atoms with Crippen LogP contribution in [0, 0.1) is 0 Å². The van der Waals surface area contributed by atoms with Gasteiger partial charge in [0.15, 0.2) is 0 Å². The van der Waals surface area contributed by atoms with Gasteiger partial charge in [-0.25, -0.2) is 4.98 Å². The molecule has 15 heavy (non-hydrogen) atoms. The summed E-state index contributed by atoms with van der Waals surface area (Å²) in [7, 11) is 0. The molecule has 2 aromatic rings. The van der Waals surface area contributed by atoms with E-state index in [0.29, 0.717) is 0 Å². The summed E-state index contributed by atoms with van der Waals surface area (Å²) in [6.07, 6.45) is 0. The Balaban J connectivity index is 1.96. The molecule has 78 valence electrons. The summed E-state index contributed by atoms with van der Waals surface area (Å²) in [6.45, 7) is 2.46. The summed E-state index contributed by atoms with van der Waals surface area (Å²) in [5, 5.41) is 4.55. The van der Waals surface area contributed by atoms with Crippen molar-refractivity contribution in [3.63, 3.8) is 0 Å². The van der Waals surface area contributed by atoms with Gasteiger partial charge in [-0.15, -0.1) is 11.3 Å². The van der Waals surface area contributed by atoms with Gasteiger partial charge in [0.2, 0.25) is 0 Å². The van der Waals surface area contributed by atoms with Crippen LogP contribution in [0.25, 0.3) is 10.2 Å². The van der Waals surface area contributed by atoms with Gasteiger partial charge in [-0.2, -0.15) is 0 Å². The highest BCUT2D eigenvalue weighted by atomic mass is 32.1. The third-order valence-electron chi connectivity index (χ3n) is 2.53. The zero-order valence-electron chi connectivity index (χ0n) is 8.27. The van der Waals surface area contributed by atoms with E-state index in [1.165, 1.54) is 4.70 Å². The van der Waals surface area contributed by atoms with Crippen LogP contribution in [-0.2, 0) is 4.74 Å². The fourth-order valence-corrected chi connectivity index (χ4v) is 2.79. The Morgan fingerprint density at radius 2 is 2.33 bits per heavy atom. The third-order valence-corrected chi connectivity index (χ3v) is 3.68. The SMILES string of the molecule is c1ccc2sc([C@@H]3COCCN3)nc2c1. The molecule has 1 aromatic carbocycles. The molecule has 0 unspecified atom stereocenters. The predicted octanol–water partition coefficient (Wildman–Crippen LogP) is 1.96. The molecule has 0 spiro atoms. The number of nitrogens with one attached hydrogen (secondary N) is 1. The Hall–Kier alpha value is -0.970. The first-order valence-electron chi connectivity index (χ1n) is 5.10. The van der Waals surface area contributed by atoms with Gasteiger partial charge in [-0.05, 0) is 12.1 Å². The summed E-state index contributed by atoms with van der Waals surface area (Å²) in [5.74, 6) is 0. The van der Waals surface area contributed by atoms with E-state index in [0.717, 1.165) is 30.3 Å². The van der Waals surface area contributed by atoms with Crippen molar-refractivity contribution in [3.05, 3.63) is 29.3 Å². The maximum Gasteiger partial charge on any atom is 0.113 e. The van der Waals surface area contributed by atoms with Crippen LogP contribution >= 0.6 is 11.3 Å². The van der Waals surface area contributed by atoms with Crippen molar-refractivity contribution in [1.29, 1.82) is 0 Å². The van der Waals surface area contributed by atoms with Crippen molar-refractivity contribution in [2.24, 2.45) is 0 Å². The molecule has 1 aliphatic rings. The zero-order valence-corrected chi connectivity index (χ0v) is 9.09. The summed E-state index contributed by atoms with van der Waals surface area (Å²) < 4.78 is 6.69. The fraction of sp³-hybridized carbons (Fsp3) is 0.364. The molecule has 0 amide bonds. The van der Waals surface area contributed by atoms with Crippen LogP contribution in [0.5, 0.6) is 0 Å². The lowest BCUT2D eigenvalue weighted by molar-refractivity contribution is 0.0768. The van der Waals surface area contributed by atoms with Crippen LogP contribution in [0.3, 0.4) is 0 Å². The second-order valence-electron chi connectivity index (χ2n) is 3.60. The van der Waals surface area contributed by atoms with E-state index in [-0.39, 0.29) is 6.04 Å². The number of hydrogen-bond acceptors (Lipinski definition) is 4. The van der Waals surface area contributed by atoms with Crippen LogP contribution in [0.2, 0.25) is 0 Å². The van der Waals surface area contributed by atoms with Crippen LogP contribution in [0.15, 0.2) is 24.3 Å². The van der Waals surface area contributed by atoms with Gasteiger partial charge in [0.05, 0.1) is 29.5 Å². The highest BCUT2D eigenvalue weighted by Gasteiger charge is 2.18. The number of morpholine rings is 1. The summed E-state index contributed by atoms with van der Waals surface area (Å²) in [4.78, 5) is 4.61. The van der Waals surface area contributed by atoms with Crippen LogP contribution < -0.4 is 5.32 Å². The average molecular weight is 220 g/mol.